The number of phenols is 1. The largest absolute Gasteiger partial charge is 1.00 e. The second kappa shape index (κ2) is 27.9. The number of methoxy groups -OCH3 is 2. The van der Waals surface area contributed by atoms with Crippen molar-refractivity contribution in [2.45, 2.75) is 7.43 Å². The van der Waals surface area contributed by atoms with Gasteiger partial charge in [-0.15, -0.1) is 70.5 Å². The molecular formula is C55H43BBr4Cl2CuN9O3. The average Bonchev–Trinajstić information content (AvgIpc) is 4.29. The molecule has 75 heavy (non-hydrogen) atoms. The van der Waals surface area contributed by atoms with Crippen molar-refractivity contribution in [1.82, 2.24) is 29.9 Å². The molecule has 0 aliphatic rings. The van der Waals surface area contributed by atoms with Crippen molar-refractivity contribution in [2.24, 2.45) is 0 Å². The predicted octanol–water partition coefficient (Wildman–Crippen LogP) is 17.5. The maximum atomic E-state index is 9.70. The summed E-state index contributed by atoms with van der Waals surface area (Å²) in [5.41, 5.74) is 14.1. The van der Waals surface area contributed by atoms with E-state index in [1.807, 2.05) is 104 Å². The number of aromatic hydroxyl groups is 1. The molecule has 0 aliphatic carbocycles. The number of rotatable bonds is 5. The summed E-state index contributed by atoms with van der Waals surface area (Å²) in [5, 5.41) is 40.8. The Kier molecular flexibility index (Phi) is 22.1. The van der Waals surface area contributed by atoms with Gasteiger partial charge in [-0.2, -0.15) is 10.5 Å². The molecule has 6 aromatic carbocycles. The number of aromatic amines is 6. The summed E-state index contributed by atoms with van der Waals surface area (Å²) in [6.07, 6.45) is 11.9. The monoisotopic (exact) mass is 1340 g/mol. The Morgan fingerprint density at radius 3 is 1.08 bits per heavy atom. The van der Waals surface area contributed by atoms with Crippen molar-refractivity contribution in [3.05, 3.63) is 169 Å². The van der Waals surface area contributed by atoms with Crippen molar-refractivity contribution >= 4 is 155 Å². The molecule has 0 atom stereocenters. The molecule has 0 radical (unpaired) electrons. The standard InChI is InChI=1S/C18H13N3O.C17H13BrN2O.C17H11N3O.CH2Cl2.CN.CH4.BBr3.Cu/c1-22-12-3-5-18-14(7-12)16(10-21-18)15-9-20-17-4-2-11(8-19)6-13(15)17;1-21-11-3-5-17-13(7-11)15(9-20-17)14-8-19-16-4-2-10(18)6-12(14)16;18-7-10-1-3-16-12(5-10)14(8-19-16)15-9-20-17-4-2-11(21)6-13(15)17;2-1-3;1-2;;2-1(3)4;/h2-7,9-10,20-21H,1H3;2-9,19-20H,1H3;1-6,8-9,19-21H;1H2;;1H4;;/q;;;;-1;;;+1. The SMILES string of the molecule is BrB(Br)Br.C.COc1ccc2[nH]cc(-c3c[nH]c4ccc(Br)cc34)c2c1.COc1ccc2[nH]cc(-c3c[nH]c4ccc(C#N)cc34)c2c1.ClCCl.N#Cc1ccc2[nH]cc(-c3c[nH]c4ccc(O)cc34)c2c1.[C-]#N.[Cu+]. The molecule has 0 bridgehead atoms. The van der Waals surface area contributed by atoms with E-state index in [0.717, 1.165) is 98.3 Å². The fourth-order valence-corrected chi connectivity index (χ4v) is 8.73. The van der Waals surface area contributed by atoms with E-state index < -0.39 is 0 Å². The van der Waals surface area contributed by atoms with Crippen LogP contribution in [0.1, 0.15) is 18.6 Å². The van der Waals surface area contributed by atoms with E-state index in [4.69, 9.17) is 55.0 Å². The Bertz CT molecular complexity index is 3960. The fourth-order valence-electron chi connectivity index (χ4n) is 8.37. The minimum absolute atomic E-state index is 0. The van der Waals surface area contributed by atoms with Crippen LogP contribution in [-0.2, 0) is 17.1 Å². The normalized spacial score (nSPS) is 10.1. The van der Waals surface area contributed by atoms with Crippen LogP contribution in [0.15, 0.2) is 151 Å². The van der Waals surface area contributed by atoms with Crippen molar-refractivity contribution < 1.29 is 31.6 Å². The van der Waals surface area contributed by atoms with Gasteiger partial charge in [0.1, 0.15) is 17.2 Å². The topological polar surface area (TPSA) is 205 Å². The maximum absolute atomic E-state index is 9.70. The van der Waals surface area contributed by atoms with Gasteiger partial charge in [-0.1, -0.05) is 23.4 Å². The van der Waals surface area contributed by atoms with Gasteiger partial charge in [-0.3, -0.25) is 0 Å². The first-order chi connectivity index (χ1) is 35.5. The maximum Gasteiger partial charge on any atom is 1.00 e. The van der Waals surface area contributed by atoms with Gasteiger partial charge in [0.25, 0.3) is 0 Å². The van der Waals surface area contributed by atoms with Crippen LogP contribution in [0.25, 0.3) is 98.8 Å². The Labute approximate surface area is 486 Å². The molecule has 6 aromatic heterocycles. The summed E-state index contributed by atoms with van der Waals surface area (Å²) in [5.74, 6) is 1.93. The third-order valence-electron chi connectivity index (χ3n) is 11.6. The van der Waals surface area contributed by atoms with Crippen LogP contribution < -0.4 is 9.47 Å². The molecule has 7 N–H and O–H groups in total. The first-order valence-electron chi connectivity index (χ1n) is 21.6. The number of halogens is 6. The van der Waals surface area contributed by atoms with E-state index in [0.29, 0.717) is 11.1 Å². The number of alkyl halides is 2. The zero-order chi connectivity index (χ0) is 52.2. The molecule has 0 saturated carbocycles. The van der Waals surface area contributed by atoms with Crippen molar-refractivity contribution in [3.8, 4) is 62.8 Å². The van der Waals surface area contributed by atoms with E-state index in [2.05, 4.69) is 130 Å². The quantitative estimate of drug-likeness (QED) is 0.0507. The van der Waals surface area contributed by atoms with Crippen LogP contribution >= 0.6 is 86.4 Å². The number of aromatic nitrogens is 6. The van der Waals surface area contributed by atoms with Crippen LogP contribution in [0.2, 0.25) is 0 Å². The van der Waals surface area contributed by atoms with Gasteiger partial charge in [0.15, 0.2) is 0 Å². The summed E-state index contributed by atoms with van der Waals surface area (Å²) in [6.45, 7) is 4.75. The number of hydrogen-bond donors (Lipinski definition) is 7. The van der Waals surface area contributed by atoms with Crippen LogP contribution in [0.4, 0.5) is 0 Å². The minimum atomic E-state index is 0. The summed E-state index contributed by atoms with van der Waals surface area (Å²) < 4.78 is 12.0. The second-order valence-electron chi connectivity index (χ2n) is 15.5. The molecule has 6 heterocycles. The van der Waals surface area contributed by atoms with E-state index in [-0.39, 0.29) is 38.8 Å². The third-order valence-corrected chi connectivity index (χ3v) is 12.1. The molecule has 382 valence electrons. The first-order valence-corrected chi connectivity index (χ1v) is 26.2. The molecule has 0 unspecified atom stereocenters. The summed E-state index contributed by atoms with van der Waals surface area (Å²) in [6, 6.07) is 39.2. The summed E-state index contributed by atoms with van der Waals surface area (Å²) in [4.78, 5) is 19.6. The van der Waals surface area contributed by atoms with Gasteiger partial charge >= 0.3 is 20.3 Å². The van der Waals surface area contributed by atoms with Crippen molar-refractivity contribution in [3.63, 3.8) is 0 Å². The number of benzene rings is 6. The Morgan fingerprint density at radius 1 is 0.493 bits per heavy atom. The average molecular weight is 1340 g/mol. The van der Waals surface area contributed by atoms with Crippen LogP contribution in [-0.4, -0.2) is 57.8 Å². The van der Waals surface area contributed by atoms with Crippen molar-refractivity contribution in [2.75, 3.05) is 19.6 Å². The molecule has 0 aliphatic heterocycles. The molecule has 0 fully saturated rings. The van der Waals surface area contributed by atoms with E-state index in [1.165, 1.54) is 16.5 Å². The number of fused-ring (bicyclic) bond motifs is 6. The Balaban J connectivity index is 0.000000190. The molecule has 0 spiro atoms. The first kappa shape index (κ1) is 59.4. The molecule has 12 aromatic rings. The molecular weight excluding hydrogens is 1300 g/mol. The number of nitrogens with zero attached hydrogens (tertiary/aromatic N) is 3. The van der Waals surface area contributed by atoms with E-state index in [9.17, 15) is 5.11 Å². The summed E-state index contributed by atoms with van der Waals surface area (Å²) in [7, 11) is 3.36. The second-order valence-corrected chi connectivity index (χ2v) is 23.7. The molecule has 0 amide bonds. The van der Waals surface area contributed by atoms with E-state index in [1.54, 1.807) is 32.4 Å². The number of phenolic OH excluding ortho intramolecular Hbond substituents is 1. The minimum Gasteiger partial charge on any atom is -0.512 e. The van der Waals surface area contributed by atoms with Gasteiger partial charge in [0, 0.05) is 140 Å². The Morgan fingerprint density at radius 2 is 0.760 bits per heavy atom. The third kappa shape index (κ3) is 13.7. The number of nitriles is 2. The molecule has 12 nitrogen and oxygen atoms in total. The van der Waals surface area contributed by atoms with Crippen molar-refractivity contribution in [1.29, 1.82) is 15.8 Å². The number of nitrogens with one attached hydrogen (secondary N) is 6. The Hall–Kier alpha value is -6.49. The summed E-state index contributed by atoms with van der Waals surface area (Å²) >= 11 is 22.4. The molecule has 12 rings (SSSR count). The number of ether oxygens (including phenoxy) is 2. The molecule has 20 heteroatoms. The van der Waals surface area contributed by atoms with Crippen LogP contribution in [0, 0.1) is 34.5 Å². The van der Waals surface area contributed by atoms with Gasteiger partial charge in [-0.05, 0) is 109 Å². The van der Waals surface area contributed by atoms with E-state index >= 15 is 0 Å². The number of hydrogen-bond acceptors (Lipinski definition) is 6. The van der Waals surface area contributed by atoms with Gasteiger partial charge < -0.3 is 56.3 Å². The van der Waals surface area contributed by atoms with Crippen LogP contribution in [0.3, 0.4) is 0 Å². The zero-order valence-electron chi connectivity index (χ0n) is 38.8. The van der Waals surface area contributed by atoms with Gasteiger partial charge in [0.2, 0.25) is 0 Å². The zero-order valence-corrected chi connectivity index (χ0v) is 47.6. The smallest absolute Gasteiger partial charge is 0.512 e. The number of H-pyrrole nitrogens is 6. The van der Waals surface area contributed by atoms with Gasteiger partial charge in [-0.25, -0.2) is 0 Å². The van der Waals surface area contributed by atoms with Crippen LogP contribution in [0.5, 0.6) is 17.2 Å². The fraction of sp³-hybridized carbons (Fsp3) is 0.0727. The predicted molar refractivity (Wildman–Crippen MR) is 319 cm³/mol. The molecule has 0 saturated heterocycles. The van der Waals surface area contributed by atoms with Gasteiger partial charge in [0.05, 0.1) is 42.8 Å².